The second-order valence-corrected chi connectivity index (χ2v) is 13.7. The molecule has 4 saturated carbocycles. The van der Waals surface area contributed by atoms with E-state index in [9.17, 15) is 18.3 Å². The summed E-state index contributed by atoms with van der Waals surface area (Å²) in [5, 5.41) is 14.1. The van der Waals surface area contributed by atoms with Crippen molar-refractivity contribution < 1.29 is 18.3 Å². The van der Waals surface area contributed by atoms with E-state index in [0.717, 1.165) is 37.7 Å². The molecule has 198 valence electrons. The number of carbonyl (C=O) groups is 1. The number of nitrogens with one attached hydrogen (secondary N) is 1. The minimum atomic E-state index is -3.56. The Morgan fingerprint density at radius 1 is 1.05 bits per heavy atom. The van der Waals surface area contributed by atoms with Crippen LogP contribution in [-0.2, 0) is 10.0 Å². The van der Waals surface area contributed by atoms with E-state index in [4.69, 9.17) is 4.98 Å². The first-order valence-corrected chi connectivity index (χ1v) is 14.9. The molecule has 1 aromatic carbocycles. The zero-order chi connectivity index (χ0) is 25.9. The number of anilines is 1. The summed E-state index contributed by atoms with van der Waals surface area (Å²) >= 11 is 0. The molecule has 2 heterocycles. The first-order chi connectivity index (χ1) is 17.6. The molecule has 2 aromatic rings. The molecule has 37 heavy (non-hydrogen) atoms. The fraction of sp³-hybridized carbons (Fsp3) is 0.571. The van der Waals surface area contributed by atoms with Gasteiger partial charge in [0, 0.05) is 31.7 Å². The highest BCUT2D eigenvalue weighted by Crippen LogP contribution is 2.55. The molecule has 4 bridgehead atoms. The minimum absolute atomic E-state index is 0.0926. The van der Waals surface area contributed by atoms with E-state index >= 15 is 0 Å². The number of nitrogens with zero attached hydrogens (tertiary/aromatic N) is 3. The highest BCUT2D eigenvalue weighted by molar-refractivity contribution is 7.89. The molecule has 2 unspecified atom stereocenters. The van der Waals surface area contributed by atoms with Crippen molar-refractivity contribution in [2.75, 3.05) is 24.5 Å². The smallest absolute Gasteiger partial charge is 0.270 e. The van der Waals surface area contributed by atoms with E-state index in [1.807, 2.05) is 38.1 Å². The molecule has 1 amide bonds. The molecular weight excluding hydrogens is 488 g/mol. The maximum atomic E-state index is 13.3. The number of aliphatic hydroxyl groups is 1. The molecule has 9 heteroatoms. The average Bonchev–Trinajstić information content (AvgIpc) is 2.85. The second-order valence-electron chi connectivity index (χ2n) is 11.8. The van der Waals surface area contributed by atoms with Gasteiger partial charge in [0.1, 0.15) is 11.5 Å². The van der Waals surface area contributed by atoms with Gasteiger partial charge in [-0.1, -0.05) is 23.8 Å². The summed E-state index contributed by atoms with van der Waals surface area (Å²) < 4.78 is 27.9. The molecule has 0 radical (unpaired) electrons. The van der Waals surface area contributed by atoms with Crippen molar-refractivity contribution in [3.63, 3.8) is 0 Å². The maximum Gasteiger partial charge on any atom is 0.270 e. The van der Waals surface area contributed by atoms with Gasteiger partial charge in [-0.2, -0.15) is 4.31 Å². The van der Waals surface area contributed by atoms with Gasteiger partial charge in [0.2, 0.25) is 10.0 Å². The lowest BCUT2D eigenvalue weighted by atomic mass is 9.52. The monoisotopic (exact) mass is 524 g/mol. The Kier molecular flexibility index (Phi) is 6.08. The normalized spacial score (nSPS) is 33.5. The molecule has 3 atom stereocenters. The third kappa shape index (κ3) is 4.55. The summed E-state index contributed by atoms with van der Waals surface area (Å²) in [5.74, 6) is 1.79. The van der Waals surface area contributed by atoms with Gasteiger partial charge in [0.05, 0.1) is 10.5 Å². The SMILES string of the molecule is Cc1ccc(S(=O)(=O)N2CCN(c3cccc(C(=O)NC4C5CC6CC4CC(O)(C6)C5)n3)[C@H](C)C2)cc1. The predicted octanol–water partition coefficient (Wildman–Crippen LogP) is 2.96. The van der Waals surface area contributed by atoms with E-state index in [1.165, 1.54) is 4.31 Å². The van der Waals surface area contributed by atoms with Gasteiger partial charge >= 0.3 is 0 Å². The van der Waals surface area contributed by atoms with Crippen LogP contribution in [0.25, 0.3) is 0 Å². The topological polar surface area (TPSA) is 103 Å². The van der Waals surface area contributed by atoms with Gasteiger partial charge in [-0.05, 0) is 88.0 Å². The van der Waals surface area contributed by atoms with Crippen LogP contribution in [0.2, 0.25) is 0 Å². The highest BCUT2D eigenvalue weighted by Gasteiger charge is 2.55. The van der Waals surface area contributed by atoms with Gasteiger partial charge in [-0.15, -0.1) is 0 Å². The first kappa shape index (κ1) is 24.8. The number of carbonyl (C=O) groups excluding carboxylic acids is 1. The van der Waals surface area contributed by atoms with Crippen molar-refractivity contribution in [3.8, 4) is 0 Å². The molecule has 2 N–H and O–H groups in total. The number of amides is 1. The standard InChI is InChI=1S/C28H36N4O4S/c1-18-6-8-23(9-7-18)37(35,36)31-10-11-32(19(2)17-31)25-5-3-4-24(29-25)27(33)30-26-21-12-20-13-22(26)16-28(34,14-20)15-21/h3-9,19-22,26,34H,10-17H2,1-2H3,(H,30,33)/t19-,20?,21?,22?,26?,28?/m1/s1. The number of benzene rings is 1. The van der Waals surface area contributed by atoms with Gasteiger partial charge in [0.25, 0.3) is 5.91 Å². The van der Waals surface area contributed by atoms with Crippen LogP contribution in [0.5, 0.6) is 0 Å². The van der Waals surface area contributed by atoms with Crippen LogP contribution in [0.4, 0.5) is 5.82 Å². The minimum Gasteiger partial charge on any atom is -0.390 e. The molecule has 0 spiro atoms. The van der Waals surface area contributed by atoms with Gasteiger partial charge < -0.3 is 15.3 Å². The first-order valence-electron chi connectivity index (χ1n) is 13.5. The van der Waals surface area contributed by atoms with E-state index in [1.54, 1.807) is 18.2 Å². The lowest BCUT2D eigenvalue weighted by Gasteiger charge is -2.58. The number of aromatic nitrogens is 1. The van der Waals surface area contributed by atoms with Gasteiger partial charge in [0.15, 0.2) is 0 Å². The molecular formula is C28H36N4O4S. The zero-order valence-electron chi connectivity index (χ0n) is 21.5. The molecule has 5 fully saturated rings. The number of rotatable bonds is 5. The fourth-order valence-electron chi connectivity index (χ4n) is 7.49. The lowest BCUT2D eigenvalue weighted by Crippen LogP contribution is -2.61. The molecule has 1 aromatic heterocycles. The molecule has 1 aliphatic heterocycles. The van der Waals surface area contributed by atoms with E-state index in [-0.39, 0.29) is 18.0 Å². The summed E-state index contributed by atoms with van der Waals surface area (Å²) in [6, 6.07) is 12.4. The van der Waals surface area contributed by atoms with Crippen LogP contribution in [-0.4, -0.2) is 66.0 Å². The van der Waals surface area contributed by atoms with Gasteiger partial charge in [-0.3, -0.25) is 4.79 Å². The third-order valence-corrected chi connectivity index (χ3v) is 10.9. The lowest BCUT2D eigenvalue weighted by molar-refractivity contribution is -0.136. The van der Waals surface area contributed by atoms with E-state index < -0.39 is 15.6 Å². The quantitative estimate of drug-likeness (QED) is 0.624. The Hall–Kier alpha value is -2.49. The Labute approximate surface area is 219 Å². The summed E-state index contributed by atoms with van der Waals surface area (Å²) in [4.78, 5) is 20.3. The Morgan fingerprint density at radius 2 is 1.76 bits per heavy atom. The number of sulfonamides is 1. The predicted molar refractivity (Wildman–Crippen MR) is 141 cm³/mol. The number of hydrogen-bond donors (Lipinski definition) is 2. The zero-order valence-corrected chi connectivity index (χ0v) is 22.3. The highest BCUT2D eigenvalue weighted by atomic mass is 32.2. The fourth-order valence-corrected chi connectivity index (χ4v) is 9.01. The van der Waals surface area contributed by atoms with Crippen LogP contribution in [0.1, 0.15) is 55.1 Å². The Bertz CT molecular complexity index is 1280. The van der Waals surface area contributed by atoms with Crippen LogP contribution in [0.3, 0.4) is 0 Å². The Balaban J connectivity index is 1.13. The Morgan fingerprint density at radius 3 is 2.41 bits per heavy atom. The number of piperazine rings is 1. The van der Waals surface area contributed by atoms with Crippen molar-refractivity contribution in [2.24, 2.45) is 17.8 Å². The average molecular weight is 525 g/mol. The number of hydrogen-bond acceptors (Lipinski definition) is 6. The van der Waals surface area contributed by atoms with Crippen molar-refractivity contribution >= 4 is 21.7 Å². The van der Waals surface area contributed by atoms with E-state index in [0.29, 0.717) is 53.8 Å². The van der Waals surface area contributed by atoms with E-state index in [2.05, 4.69) is 10.2 Å². The summed E-state index contributed by atoms with van der Waals surface area (Å²) in [6.07, 6.45) is 4.66. The molecule has 4 aliphatic carbocycles. The number of aryl methyl sites for hydroxylation is 1. The summed E-state index contributed by atoms with van der Waals surface area (Å²) in [7, 11) is -3.56. The van der Waals surface area contributed by atoms with Crippen molar-refractivity contribution in [1.82, 2.24) is 14.6 Å². The molecule has 8 nitrogen and oxygen atoms in total. The number of pyridine rings is 1. The van der Waals surface area contributed by atoms with Crippen LogP contribution in [0.15, 0.2) is 47.4 Å². The largest absolute Gasteiger partial charge is 0.390 e. The summed E-state index contributed by atoms with van der Waals surface area (Å²) in [5.41, 5.74) is 0.876. The maximum absolute atomic E-state index is 13.3. The van der Waals surface area contributed by atoms with Gasteiger partial charge in [-0.25, -0.2) is 13.4 Å². The molecule has 7 rings (SSSR count). The summed E-state index contributed by atoms with van der Waals surface area (Å²) in [6.45, 7) is 5.13. The second kappa shape index (κ2) is 9.06. The molecule has 5 aliphatic rings. The van der Waals surface area contributed by atoms with Crippen molar-refractivity contribution in [1.29, 1.82) is 0 Å². The van der Waals surface area contributed by atoms with Crippen molar-refractivity contribution in [2.45, 2.75) is 68.5 Å². The van der Waals surface area contributed by atoms with Crippen LogP contribution in [0, 0.1) is 24.7 Å². The van der Waals surface area contributed by atoms with Crippen LogP contribution < -0.4 is 10.2 Å². The third-order valence-electron chi connectivity index (χ3n) is 9.05. The molecule has 1 saturated heterocycles. The van der Waals surface area contributed by atoms with Crippen molar-refractivity contribution in [3.05, 3.63) is 53.7 Å². The van der Waals surface area contributed by atoms with Crippen LogP contribution >= 0.6 is 0 Å².